The van der Waals surface area contributed by atoms with E-state index in [1.54, 1.807) is 6.92 Å². The summed E-state index contributed by atoms with van der Waals surface area (Å²) < 4.78 is 0. The van der Waals surface area contributed by atoms with E-state index >= 15 is 0 Å². The molecule has 2 aromatic rings. The predicted molar refractivity (Wildman–Crippen MR) is 72.9 cm³/mol. The van der Waals surface area contributed by atoms with E-state index in [2.05, 4.69) is 36.4 Å². The van der Waals surface area contributed by atoms with E-state index in [-0.39, 0.29) is 5.78 Å². The molecule has 1 nitrogen and oxygen atoms in total. The van der Waals surface area contributed by atoms with E-state index in [1.165, 1.54) is 16.3 Å². The van der Waals surface area contributed by atoms with Crippen molar-refractivity contribution in [1.82, 2.24) is 0 Å². The van der Waals surface area contributed by atoms with Crippen LogP contribution < -0.4 is 0 Å². The summed E-state index contributed by atoms with van der Waals surface area (Å²) in [6.07, 6.45) is 2.63. The zero-order chi connectivity index (χ0) is 12.3. The monoisotopic (exact) mass is 224 g/mol. The fourth-order valence-electron chi connectivity index (χ4n) is 2.09. The van der Waals surface area contributed by atoms with E-state index < -0.39 is 0 Å². The molecule has 0 N–H and O–H groups in total. The standard InChI is InChI=1S/C16H16O/c1-12(10-13(2)17)11-15-8-5-7-14-6-3-4-9-16(14)15/h3-9,11H,10H2,1-2H3/b12-11+. The number of Topliss-reactive ketones (excluding diaryl/α,β-unsaturated/α-hetero) is 1. The van der Waals surface area contributed by atoms with Crippen LogP contribution in [0, 0.1) is 0 Å². The van der Waals surface area contributed by atoms with Crippen molar-refractivity contribution in [3.8, 4) is 0 Å². The SMILES string of the molecule is CC(=O)C/C(C)=C/c1cccc2ccccc12. The zero-order valence-corrected chi connectivity index (χ0v) is 10.2. The Morgan fingerprint density at radius 2 is 1.76 bits per heavy atom. The average Bonchev–Trinajstić information content (AvgIpc) is 2.28. The molecule has 0 radical (unpaired) electrons. The van der Waals surface area contributed by atoms with Gasteiger partial charge in [-0.1, -0.05) is 54.1 Å². The predicted octanol–water partition coefficient (Wildman–Crippen LogP) is 4.22. The molecule has 2 aromatic carbocycles. The number of allylic oxidation sites excluding steroid dienone is 1. The van der Waals surface area contributed by atoms with Crippen LogP contribution in [0.4, 0.5) is 0 Å². The van der Waals surface area contributed by atoms with E-state index in [0.29, 0.717) is 6.42 Å². The minimum atomic E-state index is 0.207. The fraction of sp³-hybridized carbons (Fsp3) is 0.188. The van der Waals surface area contributed by atoms with Crippen LogP contribution in [0.25, 0.3) is 16.8 Å². The van der Waals surface area contributed by atoms with Gasteiger partial charge in [0.2, 0.25) is 0 Å². The van der Waals surface area contributed by atoms with Crippen molar-refractivity contribution in [3.63, 3.8) is 0 Å². The normalized spacial score (nSPS) is 11.8. The topological polar surface area (TPSA) is 17.1 Å². The van der Waals surface area contributed by atoms with E-state index in [9.17, 15) is 4.79 Å². The van der Waals surface area contributed by atoms with Crippen LogP contribution in [0.5, 0.6) is 0 Å². The molecule has 0 spiro atoms. The molecule has 86 valence electrons. The number of ketones is 1. The highest BCUT2D eigenvalue weighted by Crippen LogP contribution is 2.21. The van der Waals surface area contributed by atoms with Crippen LogP contribution in [-0.4, -0.2) is 5.78 Å². The molecule has 0 aromatic heterocycles. The molecule has 1 heteroatoms. The maximum atomic E-state index is 11.1. The molecule has 0 atom stereocenters. The van der Waals surface area contributed by atoms with Gasteiger partial charge in [-0.25, -0.2) is 0 Å². The summed E-state index contributed by atoms with van der Waals surface area (Å²) in [7, 11) is 0. The Morgan fingerprint density at radius 3 is 2.53 bits per heavy atom. The van der Waals surface area contributed by atoms with Crippen LogP contribution in [0.3, 0.4) is 0 Å². The molecule has 0 aliphatic rings. The zero-order valence-electron chi connectivity index (χ0n) is 10.2. The molecule has 0 bridgehead atoms. The van der Waals surface area contributed by atoms with Gasteiger partial charge in [-0.2, -0.15) is 0 Å². The lowest BCUT2D eigenvalue weighted by Crippen LogP contribution is -1.90. The number of rotatable bonds is 3. The fourth-order valence-corrected chi connectivity index (χ4v) is 2.09. The van der Waals surface area contributed by atoms with Crippen LogP contribution in [-0.2, 0) is 4.79 Å². The lowest BCUT2D eigenvalue weighted by atomic mass is 10.0. The second-order valence-corrected chi connectivity index (χ2v) is 4.44. The molecule has 0 aliphatic carbocycles. The first-order valence-corrected chi connectivity index (χ1v) is 5.81. The highest BCUT2D eigenvalue weighted by Gasteiger charge is 1.99. The molecule has 17 heavy (non-hydrogen) atoms. The van der Waals surface area contributed by atoms with Gasteiger partial charge in [0, 0.05) is 6.42 Å². The van der Waals surface area contributed by atoms with Gasteiger partial charge in [0.1, 0.15) is 5.78 Å². The summed E-state index contributed by atoms with van der Waals surface area (Å²) in [5.41, 5.74) is 2.29. The minimum Gasteiger partial charge on any atom is -0.300 e. The smallest absolute Gasteiger partial charge is 0.133 e. The molecule has 2 rings (SSSR count). The van der Waals surface area contributed by atoms with Crippen molar-refractivity contribution in [2.75, 3.05) is 0 Å². The molecule has 0 aliphatic heterocycles. The highest BCUT2D eigenvalue weighted by atomic mass is 16.1. The molecule has 0 saturated heterocycles. The maximum absolute atomic E-state index is 11.1. The average molecular weight is 224 g/mol. The lowest BCUT2D eigenvalue weighted by Gasteiger charge is -2.03. The van der Waals surface area contributed by atoms with Gasteiger partial charge in [-0.3, -0.25) is 4.79 Å². The van der Waals surface area contributed by atoms with Crippen molar-refractivity contribution in [1.29, 1.82) is 0 Å². The Hall–Kier alpha value is -1.89. The summed E-state index contributed by atoms with van der Waals surface area (Å²) in [5.74, 6) is 0.207. The van der Waals surface area contributed by atoms with E-state index in [4.69, 9.17) is 0 Å². The van der Waals surface area contributed by atoms with Crippen molar-refractivity contribution in [2.45, 2.75) is 20.3 Å². The van der Waals surface area contributed by atoms with Crippen LogP contribution in [0.15, 0.2) is 48.0 Å². The van der Waals surface area contributed by atoms with Gasteiger partial charge in [-0.15, -0.1) is 0 Å². The molecular weight excluding hydrogens is 208 g/mol. The Balaban J connectivity index is 2.45. The summed E-state index contributed by atoms with van der Waals surface area (Å²) >= 11 is 0. The van der Waals surface area contributed by atoms with Crippen molar-refractivity contribution in [3.05, 3.63) is 53.6 Å². The first-order chi connectivity index (χ1) is 8.16. The third-order valence-electron chi connectivity index (χ3n) is 2.75. The van der Waals surface area contributed by atoms with Gasteiger partial charge >= 0.3 is 0 Å². The Morgan fingerprint density at radius 1 is 1.06 bits per heavy atom. The molecule has 0 unspecified atom stereocenters. The largest absolute Gasteiger partial charge is 0.300 e. The Bertz CT molecular complexity index is 574. The summed E-state index contributed by atoms with van der Waals surface area (Å²) in [6, 6.07) is 14.5. The summed E-state index contributed by atoms with van der Waals surface area (Å²) in [6.45, 7) is 3.63. The van der Waals surface area contributed by atoms with Crippen molar-refractivity contribution < 1.29 is 4.79 Å². The van der Waals surface area contributed by atoms with Crippen molar-refractivity contribution >= 4 is 22.6 Å². The second kappa shape index (κ2) is 4.96. The van der Waals surface area contributed by atoms with E-state index in [0.717, 1.165) is 5.57 Å². The first kappa shape index (κ1) is 11.6. The molecule has 0 heterocycles. The molecule has 0 saturated carbocycles. The molecule has 0 fully saturated rings. The van der Waals surface area contributed by atoms with Gasteiger partial charge in [-0.05, 0) is 30.2 Å². The molecule has 0 amide bonds. The quantitative estimate of drug-likeness (QED) is 0.762. The number of carbonyl (C=O) groups excluding carboxylic acids is 1. The number of benzene rings is 2. The number of fused-ring (bicyclic) bond motifs is 1. The minimum absolute atomic E-state index is 0.207. The maximum Gasteiger partial charge on any atom is 0.133 e. The van der Waals surface area contributed by atoms with Crippen LogP contribution >= 0.6 is 0 Å². The van der Waals surface area contributed by atoms with Gasteiger partial charge in [0.05, 0.1) is 0 Å². The van der Waals surface area contributed by atoms with Gasteiger partial charge in [0.25, 0.3) is 0 Å². The lowest BCUT2D eigenvalue weighted by molar-refractivity contribution is -0.116. The first-order valence-electron chi connectivity index (χ1n) is 5.81. The second-order valence-electron chi connectivity index (χ2n) is 4.44. The summed E-state index contributed by atoms with van der Waals surface area (Å²) in [5, 5.41) is 2.47. The van der Waals surface area contributed by atoms with Crippen molar-refractivity contribution in [2.24, 2.45) is 0 Å². The Labute approximate surface area is 102 Å². The third-order valence-corrected chi connectivity index (χ3v) is 2.75. The summed E-state index contributed by atoms with van der Waals surface area (Å²) in [4.78, 5) is 11.1. The number of hydrogen-bond acceptors (Lipinski definition) is 1. The van der Waals surface area contributed by atoms with Crippen LogP contribution in [0.2, 0.25) is 0 Å². The van der Waals surface area contributed by atoms with E-state index in [1.807, 2.05) is 19.1 Å². The Kier molecular flexibility index (Phi) is 3.38. The number of carbonyl (C=O) groups is 1. The number of hydrogen-bond donors (Lipinski definition) is 0. The molecular formula is C16H16O. The highest BCUT2D eigenvalue weighted by molar-refractivity contribution is 5.91. The van der Waals surface area contributed by atoms with Crippen LogP contribution in [0.1, 0.15) is 25.8 Å². The van der Waals surface area contributed by atoms with Gasteiger partial charge < -0.3 is 0 Å². The third kappa shape index (κ3) is 2.82. The van der Waals surface area contributed by atoms with Gasteiger partial charge in [0.15, 0.2) is 0 Å².